The molecule has 0 unspecified atom stereocenters. The molecule has 8 nitrogen and oxygen atoms in total. The molecule has 0 aliphatic carbocycles. The van der Waals surface area contributed by atoms with Gasteiger partial charge in [-0.25, -0.2) is 8.42 Å². The first-order chi connectivity index (χ1) is 11.5. The largest absolute Gasteiger partial charge is 0.366 e. The van der Waals surface area contributed by atoms with Crippen molar-refractivity contribution in [1.29, 1.82) is 0 Å². The van der Waals surface area contributed by atoms with Crippen LogP contribution in [0.25, 0.3) is 0 Å². The van der Waals surface area contributed by atoms with Crippen LogP contribution in [0.4, 0.5) is 10.7 Å². The van der Waals surface area contributed by atoms with Crippen LogP contribution in [0, 0.1) is 10.1 Å². The lowest BCUT2D eigenvalue weighted by Gasteiger charge is -2.35. The van der Waals surface area contributed by atoms with Crippen LogP contribution in [0.5, 0.6) is 0 Å². The molecule has 0 amide bonds. The first kappa shape index (κ1) is 20.1. The van der Waals surface area contributed by atoms with Gasteiger partial charge in [0.15, 0.2) is 14.8 Å². The third-order valence-electron chi connectivity index (χ3n) is 4.35. The lowest BCUT2D eigenvalue weighted by molar-refractivity contribution is -0.383. The van der Waals surface area contributed by atoms with E-state index in [4.69, 9.17) is 0 Å². The van der Waals surface area contributed by atoms with Gasteiger partial charge in [-0.1, -0.05) is 11.3 Å². The highest BCUT2D eigenvalue weighted by Crippen LogP contribution is 2.39. The van der Waals surface area contributed by atoms with Crippen molar-refractivity contribution in [2.75, 3.05) is 51.3 Å². The second kappa shape index (κ2) is 7.56. The molecule has 1 aliphatic heterocycles. The summed E-state index contributed by atoms with van der Waals surface area (Å²) in [5.41, 5.74) is -0.564. The topological polar surface area (TPSA) is 95.8 Å². The highest BCUT2D eigenvalue weighted by Gasteiger charge is 2.28. The van der Waals surface area contributed by atoms with E-state index >= 15 is 0 Å². The number of nitrogens with zero attached hydrogens (tertiary/aromatic N) is 3. The maximum absolute atomic E-state index is 11.7. The Hall–Kier alpha value is -1.23. The first-order valence-electron chi connectivity index (χ1n) is 8.15. The third kappa shape index (κ3) is 5.63. The second-order valence-electron chi connectivity index (χ2n) is 7.21. The number of rotatable bonds is 7. The van der Waals surface area contributed by atoms with Crippen molar-refractivity contribution in [3.8, 4) is 0 Å². The van der Waals surface area contributed by atoms with E-state index in [1.807, 2.05) is 13.8 Å². The minimum Gasteiger partial charge on any atom is -0.366 e. The van der Waals surface area contributed by atoms with E-state index in [9.17, 15) is 18.5 Å². The molecule has 0 aromatic carbocycles. The Bertz CT molecular complexity index is 722. The first-order valence-corrected chi connectivity index (χ1v) is 10.9. The lowest BCUT2D eigenvalue weighted by atomic mass is 10.0. The number of thiophene rings is 1. The van der Waals surface area contributed by atoms with E-state index in [0.717, 1.165) is 62.8 Å². The minimum atomic E-state index is -3.47. The van der Waals surface area contributed by atoms with Crippen LogP contribution in [0.1, 0.15) is 20.3 Å². The summed E-state index contributed by atoms with van der Waals surface area (Å²) in [7, 11) is -1.36. The van der Waals surface area contributed by atoms with E-state index in [2.05, 4.69) is 22.2 Å². The van der Waals surface area contributed by atoms with Crippen LogP contribution in [0.15, 0.2) is 10.3 Å². The van der Waals surface area contributed by atoms with Crippen LogP contribution in [0.2, 0.25) is 0 Å². The monoisotopic (exact) mass is 390 g/mol. The molecule has 142 valence electrons. The molecule has 1 aromatic rings. The maximum Gasteiger partial charge on any atom is 0.304 e. The van der Waals surface area contributed by atoms with Gasteiger partial charge in [0, 0.05) is 50.6 Å². The maximum atomic E-state index is 11.7. The van der Waals surface area contributed by atoms with Crippen molar-refractivity contribution < 1.29 is 13.3 Å². The lowest BCUT2D eigenvalue weighted by Crippen LogP contribution is -2.46. The summed E-state index contributed by atoms with van der Waals surface area (Å²) in [6.07, 6.45) is 1.87. The van der Waals surface area contributed by atoms with Crippen molar-refractivity contribution in [2.45, 2.75) is 30.0 Å². The van der Waals surface area contributed by atoms with Crippen LogP contribution >= 0.6 is 11.3 Å². The SMILES string of the molecule is CN1CCN(CCC(C)(C)Nc2sc(S(C)(=O)=O)cc2[N+](=O)[O-])CC1. The molecule has 2 heterocycles. The van der Waals surface area contributed by atoms with Crippen LogP contribution < -0.4 is 5.32 Å². The Kier molecular flexibility index (Phi) is 6.08. The van der Waals surface area contributed by atoms with Gasteiger partial charge in [-0.2, -0.15) is 0 Å². The molecule has 2 rings (SSSR count). The highest BCUT2D eigenvalue weighted by molar-refractivity contribution is 7.92. The van der Waals surface area contributed by atoms with Gasteiger partial charge in [-0.3, -0.25) is 10.1 Å². The fourth-order valence-corrected chi connectivity index (χ4v) is 4.76. The number of sulfone groups is 1. The number of likely N-dealkylation sites (N-methyl/N-ethyl adjacent to an activating group) is 1. The fraction of sp³-hybridized carbons (Fsp3) is 0.733. The molecule has 25 heavy (non-hydrogen) atoms. The molecule has 0 radical (unpaired) electrons. The molecule has 0 atom stereocenters. The van der Waals surface area contributed by atoms with Gasteiger partial charge >= 0.3 is 5.69 Å². The normalized spacial score (nSPS) is 17.6. The molecule has 1 aliphatic rings. The molecule has 0 spiro atoms. The quantitative estimate of drug-likeness (QED) is 0.561. The molecule has 10 heteroatoms. The van der Waals surface area contributed by atoms with Gasteiger partial charge in [-0.15, -0.1) is 0 Å². The van der Waals surface area contributed by atoms with Crippen molar-refractivity contribution in [3.63, 3.8) is 0 Å². The molecule has 0 bridgehead atoms. The molecule has 1 N–H and O–H groups in total. The molecular weight excluding hydrogens is 364 g/mol. The number of anilines is 1. The molecule has 0 saturated carbocycles. The zero-order valence-corrected chi connectivity index (χ0v) is 16.7. The smallest absolute Gasteiger partial charge is 0.304 e. The van der Waals surface area contributed by atoms with Crippen molar-refractivity contribution in [2.24, 2.45) is 0 Å². The summed E-state index contributed by atoms with van der Waals surface area (Å²) < 4.78 is 23.4. The summed E-state index contributed by atoms with van der Waals surface area (Å²) in [5, 5.41) is 14.7. The molecular formula is C15H26N4O4S2. The van der Waals surface area contributed by atoms with E-state index < -0.39 is 14.8 Å². The summed E-state index contributed by atoms with van der Waals surface area (Å²) >= 11 is 0.922. The summed E-state index contributed by atoms with van der Waals surface area (Å²) in [5.74, 6) is 0. The Morgan fingerprint density at radius 2 is 1.92 bits per heavy atom. The van der Waals surface area contributed by atoms with Gasteiger partial charge in [0.2, 0.25) is 0 Å². The number of hydrogen-bond acceptors (Lipinski definition) is 8. The number of hydrogen-bond donors (Lipinski definition) is 1. The van der Waals surface area contributed by atoms with Crippen molar-refractivity contribution in [1.82, 2.24) is 9.80 Å². The van der Waals surface area contributed by atoms with E-state index in [1.165, 1.54) is 0 Å². The Morgan fingerprint density at radius 3 is 2.44 bits per heavy atom. The standard InChI is InChI=1S/C15H26N4O4S2/c1-15(2,5-6-18-9-7-17(3)8-10-18)16-14-12(19(20)21)11-13(24-14)25(4,22)23/h11,16H,5-10H2,1-4H3. The van der Waals surface area contributed by atoms with E-state index in [0.29, 0.717) is 5.00 Å². The molecule has 1 saturated heterocycles. The summed E-state index contributed by atoms with van der Waals surface area (Å²) in [4.78, 5) is 15.4. The Morgan fingerprint density at radius 1 is 1.32 bits per heavy atom. The van der Waals surface area contributed by atoms with Crippen LogP contribution in [-0.2, 0) is 9.84 Å². The Balaban J connectivity index is 2.06. The number of piperazine rings is 1. The van der Waals surface area contributed by atoms with Crippen molar-refractivity contribution >= 4 is 31.9 Å². The summed E-state index contributed by atoms with van der Waals surface area (Å²) in [6.45, 7) is 8.98. The highest BCUT2D eigenvalue weighted by atomic mass is 32.2. The number of nitrogens with one attached hydrogen (secondary N) is 1. The van der Waals surface area contributed by atoms with E-state index in [1.54, 1.807) is 0 Å². The van der Waals surface area contributed by atoms with Gasteiger partial charge < -0.3 is 15.1 Å². The van der Waals surface area contributed by atoms with Gasteiger partial charge in [0.1, 0.15) is 4.21 Å². The van der Waals surface area contributed by atoms with Gasteiger partial charge in [0.05, 0.1) is 4.92 Å². The van der Waals surface area contributed by atoms with E-state index in [-0.39, 0.29) is 15.4 Å². The Labute approximate surface area is 152 Å². The van der Waals surface area contributed by atoms with Gasteiger partial charge in [0.25, 0.3) is 0 Å². The zero-order chi connectivity index (χ0) is 18.8. The second-order valence-corrected chi connectivity index (χ2v) is 10.5. The predicted octanol–water partition coefficient (Wildman–Crippen LogP) is 1.89. The zero-order valence-electron chi connectivity index (χ0n) is 15.1. The molecule has 1 fully saturated rings. The average molecular weight is 391 g/mol. The predicted molar refractivity (Wildman–Crippen MR) is 100 cm³/mol. The van der Waals surface area contributed by atoms with Crippen molar-refractivity contribution in [3.05, 3.63) is 16.2 Å². The third-order valence-corrected chi connectivity index (χ3v) is 7.19. The molecule has 1 aromatic heterocycles. The summed E-state index contributed by atoms with van der Waals surface area (Å²) in [6, 6.07) is 1.14. The number of nitro groups is 1. The van der Waals surface area contributed by atoms with Crippen LogP contribution in [-0.4, -0.2) is 74.7 Å². The average Bonchev–Trinajstić information content (AvgIpc) is 2.90. The fourth-order valence-electron chi connectivity index (χ4n) is 2.65. The minimum absolute atomic E-state index is 0.0107. The van der Waals surface area contributed by atoms with Crippen LogP contribution in [0.3, 0.4) is 0 Å². The van der Waals surface area contributed by atoms with Gasteiger partial charge in [-0.05, 0) is 27.3 Å².